The van der Waals surface area contributed by atoms with Gasteiger partial charge in [0, 0.05) is 25.6 Å². The van der Waals surface area contributed by atoms with Crippen molar-refractivity contribution in [2.75, 3.05) is 18.0 Å². The molecule has 6 heteroatoms. The van der Waals surface area contributed by atoms with Gasteiger partial charge in [-0.15, -0.1) is 0 Å². The van der Waals surface area contributed by atoms with Crippen molar-refractivity contribution in [3.8, 4) is 0 Å². The minimum Gasteiger partial charge on any atom is -0.352 e. The molecule has 5 nitrogen and oxygen atoms in total. The highest BCUT2D eigenvalue weighted by Gasteiger charge is 2.26. The van der Waals surface area contributed by atoms with Crippen LogP contribution in [0.2, 0.25) is 0 Å². The van der Waals surface area contributed by atoms with E-state index in [1.54, 1.807) is 6.07 Å². The molecule has 0 bridgehead atoms. The average Bonchev–Trinajstić information content (AvgIpc) is 3.10. The summed E-state index contributed by atoms with van der Waals surface area (Å²) in [6.07, 6.45) is 1.57. The number of hydrogen-bond donors (Lipinski definition) is 2. The fourth-order valence-electron chi connectivity index (χ4n) is 3.42. The third-order valence-electron chi connectivity index (χ3n) is 4.90. The smallest absolute Gasteiger partial charge is 0.223 e. The van der Waals surface area contributed by atoms with Crippen molar-refractivity contribution in [3.63, 3.8) is 0 Å². The number of carbonyl (C=O) groups excluding carboxylic acids is 1. The number of nitrogens with zero attached hydrogens (tertiary/aromatic N) is 2. The number of nitrogens with one attached hydrogen (secondary N) is 2. The zero-order chi connectivity index (χ0) is 17.9. The van der Waals surface area contributed by atoms with E-state index in [-0.39, 0.29) is 17.6 Å². The standard InChI is InChI=1S/C20H21FN4O/c21-16-5-3-4-14(12-16)13-22-19(26)15-8-10-25(11-9-15)20-23-17-6-1-2-7-18(17)24-20/h1-7,12,15H,8-11,13H2,(H,22,26)(H,23,24). The molecule has 1 amide bonds. The van der Waals surface area contributed by atoms with E-state index in [1.165, 1.54) is 12.1 Å². The average molecular weight is 352 g/mol. The molecule has 0 radical (unpaired) electrons. The van der Waals surface area contributed by atoms with Crippen LogP contribution in [0.1, 0.15) is 18.4 Å². The number of aromatic amines is 1. The molecule has 0 atom stereocenters. The largest absolute Gasteiger partial charge is 0.352 e. The second-order valence-electron chi connectivity index (χ2n) is 6.69. The molecule has 0 unspecified atom stereocenters. The third-order valence-corrected chi connectivity index (χ3v) is 4.90. The van der Waals surface area contributed by atoms with Crippen molar-refractivity contribution in [1.29, 1.82) is 0 Å². The predicted octanol–water partition coefficient (Wildman–Crippen LogP) is 3.23. The van der Waals surface area contributed by atoms with Gasteiger partial charge in [0.1, 0.15) is 5.82 Å². The molecule has 4 rings (SSSR count). The Labute approximate surface area is 151 Å². The Balaban J connectivity index is 1.32. The highest BCUT2D eigenvalue weighted by Crippen LogP contribution is 2.23. The number of imidazole rings is 1. The van der Waals surface area contributed by atoms with Crippen LogP contribution in [0.4, 0.5) is 10.3 Å². The Hall–Kier alpha value is -2.89. The zero-order valence-electron chi connectivity index (χ0n) is 14.4. The van der Waals surface area contributed by atoms with Gasteiger partial charge >= 0.3 is 0 Å². The highest BCUT2D eigenvalue weighted by molar-refractivity contribution is 5.79. The molecule has 3 aromatic rings. The van der Waals surface area contributed by atoms with Crippen molar-refractivity contribution in [1.82, 2.24) is 15.3 Å². The summed E-state index contributed by atoms with van der Waals surface area (Å²) in [5.74, 6) is 0.614. The lowest BCUT2D eigenvalue weighted by atomic mass is 9.96. The number of aromatic nitrogens is 2. The summed E-state index contributed by atoms with van der Waals surface area (Å²) < 4.78 is 13.2. The van der Waals surface area contributed by atoms with Crippen LogP contribution in [0.5, 0.6) is 0 Å². The molecule has 134 valence electrons. The van der Waals surface area contributed by atoms with Crippen molar-refractivity contribution in [2.24, 2.45) is 5.92 Å². The first-order chi connectivity index (χ1) is 12.7. The number of piperidine rings is 1. The lowest BCUT2D eigenvalue weighted by molar-refractivity contribution is -0.125. The monoisotopic (exact) mass is 352 g/mol. The normalized spacial score (nSPS) is 15.3. The first-order valence-electron chi connectivity index (χ1n) is 8.91. The van der Waals surface area contributed by atoms with Gasteiger partial charge in [-0.05, 0) is 42.7 Å². The van der Waals surface area contributed by atoms with Gasteiger partial charge in [-0.1, -0.05) is 24.3 Å². The van der Waals surface area contributed by atoms with Crippen molar-refractivity contribution in [3.05, 3.63) is 59.9 Å². The van der Waals surface area contributed by atoms with E-state index in [0.717, 1.165) is 48.5 Å². The molecular weight excluding hydrogens is 331 g/mol. The van der Waals surface area contributed by atoms with Crippen LogP contribution in [0.15, 0.2) is 48.5 Å². The lowest BCUT2D eigenvalue weighted by Gasteiger charge is -2.31. The van der Waals surface area contributed by atoms with Crippen molar-refractivity contribution >= 4 is 22.9 Å². The molecule has 1 fully saturated rings. The van der Waals surface area contributed by atoms with E-state index in [1.807, 2.05) is 30.3 Å². The second-order valence-corrected chi connectivity index (χ2v) is 6.69. The highest BCUT2D eigenvalue weighted by atomic mass is 19.1. The van der Waals surface area contributed by atoms with Crippen LogP contribution in [-0.2, 0) is 11.3 Å². The Kier molecular flexibility index (Phi) is 4.56. The molecule has 2 aromatic carbocycles. The number of para-hydroxylation sites is 2. The first kappa shape index (κ1) is 16.6. The molecule has 1 aromatic heterocycles. The molecule has 26 heavy (non-hydrogen) atoms. The summed E-state index contributed by atoms with van der Waals surface area (Å²) in [6.45, 7) is 1.94. The molecular formula is C20H21FN4O. The zero-order valence-corrected chi connectivity index (χ0v) is 14.4. The number of carbonyl (C=O) groups is 1. The van der Waals surface area contributed by atoms with Gasteiger partial charge in [0.05, 0.1) is 11.0 Å². The van der Waals surface area contributed by atoms with Crippen LogP contribution < -0.4 is 10.2 Å². The molecule has 1 aliphatic heterocycles. The van der Waals surface area contributed by atoms with Gasteiger partial charge in [0.2, 0.25) is 11.9 Å². The summed E-state index contributed by atoms with van der Waals surface area (Å²) in [5.41, 5.74) is 2.76. The third kappa shape index (κ3) is 3.54. The van der Waals surface area contributed by atoms with Crippen molar-refractivity contribution < 1.29 is 9.18 Å². The Morgan fingerprint density at radius 3 is 2.77 bits per heavy atom. The second kappa shape index (κ2) is 7.15. The Morgan fingerprint density at radius 1 is 1.19 bits per heavy atom. The van der Waals surface area contributed by atoms with E-state index in [2.05, 4.69) is 20.2 Å². The maximum absolute atomic E-state index is 13.2. The van der Waals surface area contributed by atoms with E-state index in [9.17, 15) is 9.18 Å². The van der Waals surface area contributed by atoms with Gasteiger partial charge in [0.25, 0.3) is 0 Å². The minimum absolute atomic E-state index is 0.0100. The molecule has 1 aliphatic rings. The number of halogens is 1. The maximum atomic E-state index is 13.2. The number of amides is 1. The molecule has 0 saturated carbocycles. The number of benzene rings is 2. The summed E-state index contributed by atoms with van der Waals surface area (Å²) in [7, 11) is 0. The van der Waals surface area contributed by atoms with Crippen molar-refractivity contribution in [2.45, 2.75) is 19.4 Å². The molecule has 2 heterocycles. The van der Waals surface area contributed by atoms with Gasteiger partial charge in [-0.3, -0.25) is 4.79 Å². The SMILES string of the molecule is O=C(NCc1cccc(F)c1)C1CCN(c2nc3ccccc3[nH]2)CC1. The molecule has 0 aliphatic carbocycles. The summed E-state index contributed by atoms with van der Waals surface area (Å²) in [5, 5.41) is 2.92. The number of H-pyrrole nitrogens is 1. The van der Waals surface area contributed by atoms with Crippen LogP contribution in [0.25, 0.3) is 11.0 Å². The van der Waals surface area contributed by atoms with E-state index < -0.39 is 0 Å². The van der Waals surface area contributed by atoms with Crippen LogP contribution in [0.3, 0.4) is 0 Å². The molecule has 0 spiro atoms. The fraction of sp³-hybridized carbons (Fsp3) is 0.300. The first-order valence-corrected chi connectivity index (χ1v) is 8.91. The topological polar surface area (TPSA) is 61.0 Å². The summed E-state index contributed by atoms with van der Waals surface area (Å²) in [6, 6.07) is 14.3. The minimum atomic E-state index is -0.282. The van der Waals surface area contributed by atoms with Gasteiger partial charge < -0.3 is 15.2 Å². The maximum Gasteiger partial charge on any atom is 0.223 e. The summed E-state index contributed by atoms with van der Waals surface area (Å²) >= 11 is 0. The van der Waals surface area contributed by atoms with E-state index in [4.69, 9.17) is 0 Å². The Bertz CT molecular complexity index is 882. The van der Waals surface area contributed by atoms with Crippen LogP contribution >= 0.6 is 0 Å². The Morgan fingerprint density at radius 2 is 2.00 bits per heavy atom. The van der Waals surface area contributed by atoms with Gasteiger partial charge in [-0.25, -0.2) is 9.37 Å². The number of rotatable bonds is 4. The number of hydrogen-bond acceptors (Lipinski definition) is 3. The van der Waals surface area contributed by atoms with E-state index >= 15 is 0 Å². The lowest BCUT2D eigenvalue weighted by Crippen LogP contribution is -2.40. The van der Waals surface area contributed by atoms with Crippen LogP contribution in [0, 0.1) is 11.7 Å². The van der Waals surface area contributed by atoms with E-state index in [0.29, 0.717) is 6.54 Å². The van der Waals surface area contributed by atoms with Crippen LogP contribution in [-0.4, -0.2) is 29.0 Å². The van der Waals surface area contributed by atoms with Gasteiger partial charge in [-0.2, -0.15) is 0 Å². The number of fused-ring (bicyclic) bond motifs is 1. The number of anilines is 1. The quantitative estimate of drug-likeness (QED) is 0.758. The predicted molar refractivity (Wildman–Crippen MR) is 99.3 cm³/mol. The molecule has 2 N–H and O–H groups in total. The van der Waals surface area contributed by atoms with Gasteiger partial charge in [0.15, 0.2) is 0 Å². The summed E-state index contributed by atoms with van der Waals surface area (Å²) in [4.78, 5) is 22.5. The fourth-order valence-corrected chi connectivity index (χ4v) is 3.42. The molecule has 1 saturated heterocycles.